The summed E-state index contributed by atoms with van der Waals surface area (Å²) in [5, 5.41) is 17.8. The predicted octanol–water partition coefficient (Wildman–Crippen LogP) is 2.26. The molecule has 0 bridgehead atoms. The third-order valence-corrected chi connectivity index (χ3v) is 4.85. The molecule has 5 nitrogen and oxygen atoms in total. The molecule has 0 saturated heterocycles. The van der Waals surface area contributed by atoms with Crippen molar-refractivity contribution in [2.75, 3.05) is 11.4 Å². The zero-order valence-corrected chi connectivity index (χ0v) is 12.0. The van der Waals surface area contributed by atoms with Crippen LogP contribution in [0.3, 0.4) is 0 Å². The van der Waals surface area contributed by atoms with E-state index in [0.717, 1.165) is 4.31 Å². The second-order valence-corrected chi connectivity index (χ2v) is 6.18. The molecule has 0 aliphatic heterocycles. The summed E-state index contributed by atoms with van der Waals surface area (Å²) >= 11 is 0. The van der Waals surface area contributed by atoms with Gasteiger partial charge in [0.25, 0.3) is 10.0 Å². The van der Waals surface area contributed by atoms with E-state index in [0.29, 0.717) is 11.3 Å². The smallest absolute Gasteiger partial charge is 0.265 e. The minimum absolute atomic E-state index is 0.0423. The van der Waals surface area contributed by atoms with Crippen LogP contribution in [0, 0.1) is 22.7 Å². The van der Waals surface area contributed by atoms with Crippen molar-refractivity contribution < 1.29 is 8.42 Å². The molecule has 0 aliphatic carbocycles. The average Bonchev–Trinajstić information content (AvgIpc) is 2.54. The number of sulfonamides is 1. The number of benzene rings is 2. The minimum atomic E-state index is -3.83. The number of rotatable bonds is 3. The van der Waals surface area contributed by atoms with Crippen LogP contribution in [0.2, 0.25) is 0 Å². The first-order valence-electron chi connectivity index (χ1n) is 5.99. The van der Waals surface area contributed by atoms with Gasteiger partial charge in [0.05, 0.1) is 22.9 Å². The molecule has 0 unspecified atom stereocenters. The van der Waals surface area contributed by atoms with Crippen LogP contribution in [-0.2, 0) is 10.0 Å². The molecule has 0 atom stereocenters. The molecule has 0 aromatic heterocycles. The molecule has 0 amide bonds. The highest BCUT2D eigenvalue weighted by molar-refractivity contribution is 7.92. The van der Waals surface area contributed by atoms with E-state index < -0.39 is 10.0 Å². The lowest BCUT2D eigenvalue weighted by Crippen LogP contribution is -2.27. The van der Waals surface area contributed by atoms with Gasteiger partial charge in [0.15, 0.2) is 0 Å². The zero-order chi connectivity index (χ0) is 15.5. The van der Waals surface area contributed by atoms with Crippen molar-refractivity contribution in [3.8, 4) is 12.1 Å². The van der Waals surface area contributed by atoms with Gasteiger partial charge in [-0.2, -0.15) is 10.5 Å². The highest BCUT2D eigenvalue weighted by Gasteiger charge is 2.24. The Morgan fingerprint density at radius 1 is 0.952 bits per heavy atom. The molecule has 2 aromatic carbocycles. The van der Waals surface area contributed by atoms with Crippen LogP contribution in [0.5, 0.6) is 0 Å². The van der Waals surface area contributed by atoms with Gasteiger partial charge in [-0.15, -0.1) is 0 Å². The molecule has 6 heteroatoms. The lowest BCUT2D eigenvalue weighted by atomic mass is 10.2. The van der Waals surface area contributed by atoms with E-state index in [1.54, 1.807) is 24.3 Å². The number of anilines is 1. The van der Waals surface area contributed by atoms with Crippen molar-refractivity contribution in [2.24, 2.45) is 0 Å². The number of hydrogen-bond donors (Lipinski definition) is 0. The minimum Gasteiger partial charge on any atom is -0.269 e. The highest BCUT2D eigenvalue weighted by Crippen LogP contribution is 2.24. The second kappa shape index (κ2) is 5.66. The van der Waals surface area contributed by atoms with Crippen LogP contribution in [0.25, 0.3) is 0 Å². The maximum atomic E-state index is 12.6. The molecule has 0 heterocycles. The van der Waals surface area contributed by atoms with Gasteiger partial charge in [-0.1, -0.05) is 12.1 Å². The van der Waals surface area contributed by atoms with Crippen molar-refractivity contribution in [1.82, 2.24) is 0 Å². The molecule has 2 aromatic rings. The van der Waals surface area contributed by atoms with Gasteiger partial charge in [-0.25, -0.2) is 8.42 Å². The van der Waals surface area contributed by atoms with Gasteiger partial charge >= 0.3 is 0 Å². The highest BCUT2D eigenvalue weighted by atomic mass is 32.2. The van der Waals surface area contributed by atoms with Crippen molar-refractivity contribution in [3.63, 3.8) is 0 Å². The molecule has 0 N–H and O–H groups in total. The normalized spacial score (nSPS) is 10.4. The first-order valence-corrected chi connectivity index (χ1v) is 7.43. The summed E-state index contributed by atoms with van der Waals surface area (Å²) in [5.41, 5.74) is 0.960. The van der Waals surface area contributed by atoms with E-state index in [2.05, 4.69) is 0 Å². The molecule has 0 spiro atoms. The SMILES string of the molecule is CN(c1ccc(C#N)cc1)S(=O)(=O)c1ccccc1C#N. The fourth-order valence-electron chi connectivity index (χ4n) is 1.82. The quantitative estimate of drug-likeness (QED) is 0.869. The summed E-state index contributed by atoms with van der Waals surface area (Å²) in [6.07, 6.45) is 0. The van der Waals surface area contributed by atoms with E-state index in [1.807, 2.05) is 12.1 Å². The van der Waals surface area contributed by atoms with Crippen LogP contribution in [0.1, 0.15) is 11.1 Å². The van der Waals surface area contributed by atoms with Crippen LogP contribution in [0.4, 0.5) is 5.69 Å². The van der Waals surface area contributed by atoms with Gasteiger partial charge in [-0.05, 0) is 36.4 Å². The van der Waals surface area contributed by atoms with E-state index in [4.69, 9.17) is 10.5 Å². The van der Waals surface area contributed by atoms with Crippen LogP contribution in [0.15, 0.2) is 53.4 Å². The lowest BCUT2D eigenvalue weighted by molar-refractivity contribution is 0.594. The molecule has 104 valence electrons. The molecular weight excluding hydrogens is 286 g/mol. The molecule has 0 saturated carbocycles. The molecular formula is C15H11N3O2S. The van der Waals surface area contributed by atoms with Gasteiger partial charge < -0.3 is 0 Å². The lowest BCUT2D eigenvalue weighted by Gasteiger charge is -2.20. The van der Waals surface area contributed by atoms with E-state index in [1.165, 1.54) is 31.3 Å². The number of nitriles is 2. The van der Waals surface area contributed by atoms with Gasteiger partial charge in [-0.3, -0.25) is 4.31 Å². The van der Waals surface area contributed by atoms with E-state index >= 15 is 0 Å². The van der Waals surface area contributed by atoms with Crippen molar-refractivity contribution in [1.29, 1.82) is 10.5 Å². The monoisotopic (exact) mass is 297 g/mol. The Morgan fingerprint density at radius 2 is 1.57 bits per heavy atom. The summed E-state index contributed by atoms with van der Waals surface area (Å²) in [6.45, 7) is 0. The molecule has 0 radical (unpaired) electrons. The Labute approximate surface area is 123 Å². The standard InChI is InChI=1S/C15H11N3O2S/c1-18(14-8-6-12(10-16)7-9-14)21(19,20)15-5-3-2-4-13(15)11-17/h2-9H,1H3. The van der Waals surface area contributed by atoms with Crippen molar-refractivity contribution in [3.05, 3.63) is 59.7 Å². The summed E-state index contributed by atoms with van der Waals surface area (Å²) in [4.78, 5) is -0.0423. The van der Waals surface area contributed by atoms with Gasteiger partial charge in [0.1, 0.15) is 11.0 Å². The first kappa shape index (κ1) is 14.6. The third-order valence-electron chi connectivity index (χ3n) is 3.01. The van der Waals surface area contributed by atoms with Crippen LogP contribution >= 0.6 is 0 Å². The summed E-state index contributed by atoms with van der Waals surface area (Å²) in [6, 6.07) is 16.1. The maximum Gasteiger partial charge on any atom is 0.265 e. The summed E-state index contributed by atoms with van der Waals surface area (Å²) < 4.78 is 26.2. The molecule has 21 heavy (non-hydrogen) atoms. The van der Waals surface area contributed by atoms with Crippen LogP contribution < -0.4 is 4.31 Å². The Hall–Kier alpha value is -2.83. The zero-order valence-electron chi connectivity index (χ0n) is 11.2. The van der Waals surface area contributed by atoms with Gasteiger partial charge in [0.2, 0.25) is 0 Å². The number of hydrogen-bond acceptors (Lipinski definition) is 4. The Balaban J connectivity index is 2.48. The summed E-state index contributed by atoms with van der Waals surface area (Å²) in [7, 11) is -2.42. The Kier molecular flexibility index (Phi) is 3.93. The Bertz CT molecular complexity index is 844. The first-order chi connectivity index (χ1) is 10.0. The molecule has 0 aliphatic rings. The van der Waals surface area contributed by atoms with Crippen LogP contribution in [-0.4, -0.2) is 15.5 Å². The fraction of sp³-hybridized carbons (Fsp3) is 0.0667. The predicted molar refractivity (Wildman–Crippen MR) is 77.9 cm³/mol. The van der Waals surface area contributed by atoms with Crippen molar-refractivity contribution in [2.45, 2.75) is 4.90 Å². The topological polar surface area (TPSA) is 85.0 Å². The fourth-order valence-corrected chi connectivity index (χ4v) is 3.15. The average molecular weight is 297 g/mol. The largest absolute Gasteiger partial charge is 0.269 e. The van der Waals surface area contributed by atoms with E-state index in [-0.39, 0.29) is 10.5 Å². The van der Waals surface area contributed by atoms with Crippen molar-refractivity contribution >= 4 is 15.7 Å². The van der Waals surface area contributed by atoms with Gasteiger partial charge in [0, 0.05) is 7.05 Å². The van der Waals surface area contributed by atoms with E-state index in [9.17, 15) is 8.42 Å². The molecule has 2 rings (SSSR count). The molecule has 0 fully saturated rings. The second-order valence-electron chi connectivity index (χ2n) is 4.24. The number of nitrogens with zero attached hydrogens (tertiary/aromatic N) is 3. The third kappa shape index (κ3) is 2.71. The maximum absolute atomic E-state index is 12.6. The summed E-state index contributed by atoms with van der Waals surface area (Å²) in [5.74, 6) is 0. The Morgan fingerprint density at radius 3 is 2.14 bits per heavy atom.